The molecule has 0 saturated carbocycles. The molecule has 33 heavy (non-hydrogen) atoms. The smallest absolute Gasteiger partial charge is 0.350 e. The molecule has 0 saturated heterocycles. The summed E-state index contributed by atoms with van der Waals surface area (Å²) < 4.78 is 42.4. The SMILES string of the molecule is O=C(NCCn1ncc2c(=O)n(Cc3ccc(Br)cc3)cnc21)c1cccc(C(F)(F)F)c1. The van der Waals surface area contributed by atoms with Crippen molar-refractivity contribution in [3.8, 4) is 0 Å². The highest BCUT2D eigenvalue weighted by Crippen LogP contribution is 2.29. The minimum atomic E-state index is -4.53. The van der Waals surface area contributed by atoms with Crippen LogP contribution in [-0.2, 0) is 19.3 Å². The van der Waals surface area contributed by atoms with Crippen molar-refractivity contribution in [1.29, 1.82) is 0 Å². The molecule has 2 aromatic heterocycles. The number of benzene rings is 2. The number of fused-ring (bicyclic) bond motifs is 1. The minimum Gasteiger partial charge on any atom is -0.350 e. The molecule has 0 atom stereocenters. The monoisotopic (exact) mass is 519 g/mol. The molecule has 0 fully saturated rings. The number of alkyl halides is 3. The van der Waals surface area contributed by atoms with Crippen LogP contribution < -0.4 is 10.9 Å². The molecule has 0 aliphatic carbocycles. The standard InChI is InChI=1S/C22H17BrF3N5O2/c23-17-6-4-14(5-7-17)12-30-13-28-19-18(21(30)33)11-29-31(19)9-8-27-20(32)15-2-1-3-16(10-15)22(24,25)26/h1-7,10-11,13H,8-9,12H2,(H,27,32). The highest BCUT2D eigenvalue weighted by molar-refractivity contribution is 9.10. The third-order valence-corrected chi connectivity index (χ3v) is 5.48. The van der Waals surface area contributed by atoms with E-state index < -0.39 is 17.6 Å². The highest BCUT2D eigenvalue weighted by atomic mass is 79.9. The van der Waals surface area contributed by atoms with E-state index in [0.717, 1.165) is 22.2 Å². The topological polar surface area (TPSA) is 81.8 Å². The van der Waals surface area contributed by atoms with Gasteiger partial charge in [-0.15, -0.1) is 0 Å². The van der Waals surface area contributed by atoms with Crippen molar-refractivity contribution in [3.63, 3.8) is 0 Å². The highest BCUT2D eigenvalue weighted by Gasteiger charge is 2.30. The molecular formula is C22H17BrF3N5O2. The number of hydrogen-bond donors (Lipinski definition) is 1. The zero-order chi connectivity index (χ0) is 23.6. The second kappa shape index (κ2) is 9.18. The molecular weight excluding hydrogens is 503 g/mol. The van der Waals surface area contributed by atoms with Crippen molar-refractivity contribution in [3.05, 3.63) is 92.6 Å². The number of hydrogen-bond acceptors (Lipinski definition) is 4. The number of carbonyl (C=O) groups is 1. The molecule has 4 rings (SSSR count). The van der Waals surface area contributed by atoms with Crippen LogP contribution in [0.3, 0.4) is 0 Å². The Labute approximate surface area is 194 Å². The van der Waals surface area contributed by atoms with Gasteiger partial charge in [-0.2, -0.15) is 18.3 Å². The third kappa shape index (κ3) is 5.14. The number of halogens is 4. The normalized spacial score (nSPS) is 11.6. The Morgan fingerprint density at radius 1 is 1.12 bits per heavy atom. The van der Waals surface area contributed by atoms with E-state index in [1.54, 1.807) is 0 Å². The van der Waals surface area contributed by atoms with Gasteiger partial charge in [0.05, 0.1) is 24.8 Å². The van der Waals surface area contributed by atoms with E-state index in [1.807, 2.05) is 24.3 Å². The molecule has 170 valence electrons. The Kier molecular flexibility index (Phi) is 6.32. The van der Waals surface area contributed by atoms with Crippen LogP contribution in [0.1, 0.15) is 21.5 Å². The molecule has 7 nitrogen and oxygen atoms in total. The lowest BCUT2D eigenvalue weighted by molar-refractivity contribution is -0.137. The molecule has 0 aliphatic rings. The zero-order valence-corrected chi connectivity index (χ0v) is 18.6. The van der Waals surface area contributed by atoms with Crippen LogP contribution in [0.2, 0.25) is 0 Å². The first-order valence-corrected chi connectivity index (χ1v) is 10.6. The number of carbonyl (C=O) groups excluding carboxylic acids is 1. The average Bonchev–Trinajstić information content (AvgIpc) is 3.20. The van der Waals surface area contributed by atoms with Gasteiger partial charge in [-0.1, -0.05) is 34.1 Å². The number of amides is 1. The van der Waals surface area contributed by atoms with Gasteiger partial charge < -0.3 is 5.32 Å². The number of rotatable bonds is 6. The summed E-state index contributed by atoms with van der Waals surface area (Å²) in [6.45, 7) is 0.639. The first-order chi connectivity index (χ1) is 15.7. The average molecular weight is 520 g/mol. The van der Waals surface area contributed by atoms with E-state index in [9.17, 15) is 22.8 Å². The van der Waals surface area contributed by atoms with Crippen molar-refractivity contribution in [2.24, 2.45) is 0 Å². The minimum absolute atomic E-state index is 0.0928. The van der Waals surface area contributed by atoms with Crippen molar-refractivity contribution in [2.75, 3.05) is 6.54 Å². The van der Waals surface area contributed by atoms with E-state index in [2.05, 4.69) is 31.3 Å². The van der Waals surface area contributed by atoms with Gasteiger partial charge in [0.1, 0.15) is 11.7 Å². The van der Waals surface area contributed by atoms with Gasteiger partial charge in [-0.3, -0.25) is 14.2 Å². The van der Waals surface area contributed by atoms with Crippen LogP contribution in [0.4, 0.5) is 13.2 Å². The van der Waals surface area contributed by atoms with Crippen molar-refractivity contribution < 1.29 is 18.0 Å². The van der Waals surface area contributed by atoms with Crippen LogP contribution in [0.5, 0.6) is 0 Å². The summed E-state index contributed by atoms with van der Waals surface area (Å²) in [5.41, 5.74) is 0.0645. The summed E-state index contributed by atoms with van der Waals surface area (Å²) in [6, 6.07) is 11.8. The summed E-state index contributed by atoms with van der Waals surface area (Å²) in [4.78, 5) is 29.3. The molecule has 1 amide bonds. The largest absolute Gasteiger partial charge is 0.416 e. The fraction of sp³-hybridized carbons (Fsp3) is 0.182. The Bertz CT molecular complexity index is 1360. The van der Waals surface area contributed by atoms with Gasteiger partial charge in [-0.05, 0) is 35.9 Å². The lowest BCUT2D eigenvalue weighted by atomic mass is 10.1. The van der Waals surface area contributed by atoms with Crippen LogP contribution >= 0.6 is 15.9 Å². The molecule has 0 radical (unpaired) electrons. The quantitative estimate of drug-likeness (QED) is 0.419. The molecule has 11 heteroatoms. The first kappa shape index (κ1) is 22.7. The lowest BCUT2D eigenvalue weighted by Gasteiger charge is -2.10. The van der Waals surface area contributed by atoms with Crippen molar-refractivity contribution in [1.82, 2.24) is 24.6 Å². The number of nitrogens with zero attached hydrogens (tertiary/aromatic N) is 4. The number of nitrogens with one attached hydrogen (secondary N) is 1. The first-order valence-electron chi connectivity index (χ1n) is 9.83. The maximum absolute atomic E-state index is 12.8. The van der Waals surface area contributed by atoms with E-state index in [-0.39, 0.29) is 24.2 Å². The van der Waals surface area contributed by atoms with Gasteiger partial charge in [0.15, 0.2) is 5.65 Å². The van der Waals surface area contributed by atoms with E-state index >= 15 is 0 Å². The summed E-state index contributed by atoms with van der Waals surface area (Å²) in [6.07, 6.45) is -1.68. The van der Waals surface area contributed by atoms with Gasteiger partial charge in [-0.25, -0.2) is 9.67 Å². The number of aromatic nitrogens is 4. The van der Waals surface area contributed by atoms with Gasteiger partial charge in [0.25, 0.3) is 11.5 Å². The predicted octanol–water partition coefficient (Wildman–Crippen LogP) is 3.85. The maximum Gasteiger partial charge on any atom is 0.416 e. The second-order valence-electron chi connectivity index (χ2n) is 7.24. The fourth-order valence-electron chi connectivity index (χ4n) is 3.27. The van der Waals surface area contributed by atoms with Gasteiger partial charge in [0, 0.05) is 16.6 Å². The summed E-state index contributed by atoms with van der Waals surface area (Å²) >= 11 is 3.37. The van der Waals surface area contributed by atoms with Crippen molar-refractivity contribution in [2.45, 2.75) is 19.3 Å². The van der Waals surface area contributed by atoms with Crippen molar-refractivity contribution >= 4 is 32.9 Å². The van der Waals surface area contributed by atoms with E-state index in [4.69, 9.17) is 0 Å². The molecule has 2 aromatic carbocycles. The Morgan fingerprint density at radius 3 is 2.61 bits per heavy atom. The lowest BCUT2D eigenvalue weighted by Crippen LogP contribution is -2.28. The molecule has 1 N–H and O–H groups in total. The molecule has 4 aromatic rings. The predicted molar refractivity (Wildman–Crippen MR) is 119 cm³/mol. The fourth-order valence-corrected chi connectivity index (χ4v) is 3.54. The Balaban J connectivity index is 1.43. The zero-order valence-electron chi connectivity index (χ0n) is 17.0. The molecule has 0 spiro atoms. The van der Waals surface area contributed by atoms with Gasteiger partial charge >= 0.3 is 6.18 Å². The maximum atomic E-state index is 12.8. The van der Waals surface area contributed by atoms with Crippen LogP contribution in [0.25, 0.3) is 11.0 Å². The Morgan fingerprint density at radius 2 is 1.88 bits per heavy atom. The molecule has 0 bridgehead atoms. The van der Waals surface area contributed by atoms with Gasteiger partial charge in [0.2, 0.25) is 0 Å². The molecule has 0 unspecified atom stereocenters. The van der Waals surface area contributed by atoms with Crippen LogP contribution in [0, 0.1) is 0 Å². The second-order valence-corrected chi connectivity index (χ2v) is 8.16. The summed E-state index contributed by atoms with van der Waals surface area (Å²) in [5.74, 6) is -0.637. The summed E-state index contributed by atoms with van der Waals surface area (Å²) in [5, 5.41) is 7.06. The molecule has 0 aliphatic heterocycles. The van der Waals surface area contributed by atoms with E-state index in [1.165, 1.54) is 33.9 Å². The van der Waals surface area contributed by atoms with E-state index in [0.29, 0.717) is 17.6 Å². The molecule has 2 heterocycles. The Hall–Kier alpha value is -3.47. The van der Waals surface area contributed by atoms with Crippen LogP contribution in [0.15, 0.2) is 70.3 Å². The van der Waals surface area contributed by atoms with Crippen LogP contribution in [-0.4, -0.2) is 31.8 Å². The summed E-state index contributed by atoms with van der Waals surface area (Å²) in [7, 11) is 0. The third-order valence-electron chi connectivity index (χ3n) is 4.95.